The van der Waals surface area contributed by atoms with Crippen molar-refractivity contribution in [3.63, 3.8) is 0 Å². The summed E-state index contributed by atoms with van der Waals surface area (Å²) in [5.74, 6) is -0.593. The van der Waals surface area contributed by atoms with Crippen molar-refractivity contribution >= 4 is 26.5 Å². The molecule has 0 bridgehead atoms. The number of nitrogens with two attached hydrogens (primary N) is 1. The molecular weight excluding hydrogens is 313 g/mol. The van der Waals surface area contributed by atoms with Gasteiger partial charge in [0.05, 0.1) is 10.6 Å². The largest absolute Gasteiger partial charge is 0.326 e. The van der Waals surface area contributed by atoms with Gasteiger partial charge in [-0.1, -0.05) is 0 Å². The lowest BCUT2D eigenvalue weighted by Gasteiger charge is -2.11. The third-order valence-electron chi connectivity index (χ3n) is 3.13. The Labute approximate surface area is 127 Å². The smallest absolute Gasteiger partial charge is 0.264 e. The fraction of sp³-hybridized carbons (Fsp3) is 0.308. The van der Waals surface area contributed by atoms with Crippen molar-refractivity contribution in [3.8, 4) is 0 Å². The van der Waals surface area contributed by atoms with E-state index in [-0.39, 0.29) is 22.1 Å². The van der Waals surface area contributed by atoms with Gasteiger partial charge in [-0.15, -0.1) is 11.3 Å². The molecule has 0 aliphatic rings. The van der Waals surface area contributed by atoms with Gasteiger partial charge >= 0.3 is 0 Å². The molecule has 0 spiro atoms. The minimum atomic E-state index is -3.90. The molecule has 0 fully saturated rings. The Bertz CT molecular complexity index is 765. The van der Waals surface area contributed by atoms with E-state index < -0.39 is 15.8 Å². The molecule has 5 nitrogen and oxygen atoms in total. The second-order valence-electron chi connectivity index (χ2n) is 4.67. The van der Waals surface area contributed by atoms with Crippen LogP contribution in [0.5, 0.6) is 0 Å². The first kappa shape index (κ1) is 15.9. The van der Waals surface area contributed by atoms with Gasteiger partial charge in [0.2, 0.25) is 0 Å². The van der Waals surface area contributed by atoms with Gasteiger partial charge in [0.25, 0.3) is 10.0 Å². The number of thiazole rings is 1. The van der Waals surface area contributed by atoms with E-state index in [4.69, 9.17) is 5.73 Å². The number of benzene rings is 1. The molecule has 0 unspecified atom stereocenters. The van der Waals surface area contributed by atoms with Crippen LogP contribution < -0.4 is 10.5 Å². The molecule has 8 heteroatoms. The number of sulfonamides is 1. The number of halogens is 1. The highest BCUT2D eigenvalue weighted by molar-refractivity contribution is 7.93. The number of aromatic nitrogens is 1. The Morgan fingerprint density at radius 3 is 2.52 bits per heavy atom. The molecule has 3 N–H and O–H groups in total. The van der Waals surface area contributed by atoms with Crippen LogP contribution in [0.4, 0.5) is 9.52 Å². The molecule has 0 aliphatic heterocycles. The normalized spacial score (nSPS) is 11.7. The molecule has 114 valence electrons. The first-order valence-corrected chi connectivity index (χ1v) is 8.50. The third kappa shape index (κ3) is 3.22. The Kier molecular flexibility index (Phi) is 4.31. The molecule has 0 aliphatic carbocycles. The van der Waals surface area contributed by atoms with E-state index in [2.05, 4.69) is 9.71 Å². The highest BCUT2D eigenvalue weighted by Gasteiger charge is 2.21. The Morgan fingerprint density at radius 2 is 2.00 bits per heavy atom. The second-order valence-corrected chi connectivity index (χ2v) is 7.53. The molecule has 2 aromatic rings. The first-order chi connectivity index (χ1) is 9.74. The number of nitrogens with zero attached hydrogens (tertiary/aromatic N) is 1. The van der Waals surface area contributed by atoms with Crippen LogP contribution in [0.3, 0.4) is 0 Å². The van der Waals surface area contributed by atoms with Crippen LogP contribution in [0.15, 0.2) is 17.0 Å². The first-order valence-electron chi connectivity index (χ1n) is 6.20. The monoisotopic (exact) mass is 329 g/mol. The van der Waals surface area contributed by atoms with Gasteiger partial charge in [-0.2, -0.15) is 0 Å². The van der Waals surface area contributed by atoms with Gasteiger partial charge in [0.15, 0.2) is 5.13 Å². The van der Waals surface area contributed by atoms with E-state index in [9.17, 15) is 12.8 Å². The van der Waals surface area contributed by atoms with E-state index in [0.717, 1.165) is 10.6 Å². The van der Waals surface area contributed by atoms with E-state index in [0.29, 0.717) is 5.56 Å². The predicted octanol–water partition coefficient (Wildman–Crippen LogP) is 2.47. The van der Waals surface area contributed by atoms with Crippen LogP contribution >= 0.6 is 11.3 Å². The standard InChI is InChI=1S/C13H16FN3O2S2/c1-7-11(14)4-10(6-15)5-12(7)21(18,19)17-13-16-8(2)9(3)20-13/h4-5H,6,15H2,1-3H3,(H,16,17). The number of hydrogen-bond donors (Lipinski definition) is 2. The number of nitrogens with one attached hydrogen (secondary N) is 1. The number of rotatable bonds is 4. The maximum atomic E-state index is 13.8. The molecule has 21 heavy (non-hydrogen) atoms. The minimum absolute atomic E-state index is 0.0599. The summed E-state index contributed by atoms with van der Waals surface area (Å²) in [5.41, 5.74) is 6.71. The fourth-order valence-corrected chi connectivity index (χ4v) is 4.14. The lowest BCUT2D eigenvalue weighted by Crippen LogP contribution is -2.16. The SMILES string of the molecule is Cc1nc(NS(=O)(=O)c2cc(CN)cc(F)c2C)sc1C. The van der Waals surface area contributed by atoms with Crippen molar-refractivity contribution < 1.29 is 12.8 Å². The molecule has 0 saturated heterocycles. The Morgan fingerprint density at radius 1 is 1.33 bits per heavy atom. The topological polar surface area (TPSA) is 85.1 Å². The molecule has 1 aromatic heterocycles. The van der Waals surface area contributed by atoms with Gasteiger partial charge in [0.1, 0.15) is 5.82 Å². The van der Waals surface area contributed by atoms with Gasteiger partial charge in [-0.25, -0.2) is 17.8 Å². The molecule has 1 heterocycles. The average molecular weight is 329 g/mol. The molecule has 1 aromatic carbocycles. The van der Waals surface area contributed by atoms with Crippen molar-refractivity contribution in [3.05, 3.63) is 39.6 Å². The van der Waals surface area contributed by atoms with Gasteiger partial charge in [-0.3, -0.25) is 4.72 Å². The quantitative estimate of drug-likeness (QED) is 0.902. The maximum absolute atomic E-state index is 13.8. The highest BCUT2D eigenvalue weighted by atomic mass is 32.2. The minimum Gasteiger partial charge on any atom is -0.326 e. The summed E-state index contributed by atoms with van der Waals surface area (Å²) in [6.45, 7) is 5.13. The molecular formula is C13H16FN3O2S2. The van der Waals surface area contributed by atoms with E-state index in [1.807, 2.05) is 6.92 Å². The van der Waals surface area contributed by atoms with Crippen LogP contribution in [0.2, 0.25) is 0 Å². The molecule has 0 amide bonds. The Hall–Kier alpha value is -1.51. The zero-order valence-electron chi connectivity index (χ0n) is 11.9. The lowest BCUT2D eigenvalue weighted by molar-refractivity contribution is 0.589. The zero-order chi connectivity index (χ0) is 15.8. The summed E-state index contributed by atoms with van der Waals surface area (Å²) in [6, 6.07) is 2.63. The molecule has 0 radical (unpaired) electrons. The summed E-state index contributed by atoms with van der Waals surface area (Å²) >= 11 is 1.24. The van der Waals surface area contributed by atoms with Crippen LogP contribution in [0, 0.1) is 26.6 Å². The van der Waals surface area contributed by atoms with Crippen molar-refractivity contribution in [1.29, 1.82) is 0 Å². The predicted molar refractivity (Wildman–Crippen MR) is 81.4 cm³/mol. The van der Waals surface area contributed by atoms with E-state index >= 15 is 0 Å². The highest BCUT2D eigenvalue weighted by Crippen LogP contribution is 2.26. The molecule has 0 atom stereocenters. The maximum Gasteiger partial charge on any atom is 0.264 e. The summed E-state index contributed by atoms with van der Waals surface area (Å²) in [7, 11) is -3.90. The van der Waals surface area contributed by atoms with Crippen LogP contribution in [0.25, 0.3) is 0 Å². The van der Waals surface area contributed by atoms with Crippen molar-refractivity contribution in [2.45, 2.75) is 32.2 Å². The fourth-order valence-electron chi connectivity index (χ4n) is 1.79. The van der Waals surface area contributed by atoms with Gasteiger partial charge in [0, 0.05) is 17.0 Å². The molecule has 2 rings (SSSR count). The second kappa shape index (κ2) is 5.70. The van der Waals surface area contributed by atoms with Crippen LogP contribution in [-0.4, -0.2) is 13.4 Å². The summed E-state index contributed by atoms with van der Waals surface area (Å²) in [5, 5.41) is 0.267. The van der Waals surface area contributed by atoms with Crippen LogP contribution in [0.1, 0.15) is 21.7 Å². The lowest BCUT2D eigenvalue weighted by atomic mass is 10.1. The van der Waals surface area contributed by atoms with Gasteiger partial charge < -0.3 is 5.73 Å². The Balaban J connectivity index is 2.46. The molecule has 0 saturated carbocycles. The van der Waals surface area contributed by atoms with Gasteiger partial charge in [-0.05, 0) is 38.5 Å². The van der Waals surface area contributed by atoms with E-state index in [1.165, 1.54) is 30.4 Å². The number of aryl methyl sites for hydroxylation is 2. The number of hydrogen-bond acceptors (Lipinski definition) is 5. The summed E-state index contributed by atoms with van der Waals surface area (Å²) in [6.07, 6.45) is 0. The summed E-state index contributed by atoms with van der Waals surface area (Å²) < 4.78 is 41.0. The summed E-state index contributed by atoms with van der Waals surface area (Å²) in [4.78, 5) is 4.93. The third-order valence-corrected chi connectivity index (χ3v) is 5.71. The zero-order valence-corrected chi connectivity index (χ0v) is 13.5. The number of anilines is 1. The van der Waals surface area contributed by atoms with Crippen molar-refractivity contribution in [2.24, 2.45) is 5.73 Å². The van der Waals surface area contributed by atoms with Crippen molar-refractivity contribution in [2.75, 3.05) is 4.72 Å². The van der Waals surface area contributed by atoms with Crippen molar-refractivity contribution in [1.82, 2.24) is 4.98 Å². The average Bonchev–Trinajstić information content (AvgIpc) is 2.70. The van der Waals surface area contributed by atoms with Crippen LogP contribution in [-0.2, 0) is 16.6 Å². The van der Waals surface area contributed by atoms with E-state index in [1.54, 1.807) is 6.92 Å².